The van der Waals surface area contributed by atoms with Crippen molar-refractivity contribution in [2.75, 3.05) is 12.0 Å². The van der Waals surface area contributed by atoms with Crippen LogP contribution in [0.15, 0.2) is 6.20 Å². The lowest BCUT2D eigenvalue weighted by molar-refractivity contribution is 0.358. The van der Waals surface area contributed by atoms with Gasteiger partial charge in [0.2, 0.25) is 5.88 Å². The average molecular weight is 137 g/mol. The van der Waals surface area contributed by atoms with Crippen LogP contribution >= 0.6 is 0 Å². The molecular weight excluding hydrogens is 130 g/mol. The Balaban J connectivity index is 2.52. The number of hydrogen-bond donors (Lipinski definition) is 1. The fourth-order valence-corrected chi connectivity index (χ4v) is 0.863. The van der Waals surface area contributed by atoms with E-state index in [2.05, 4.69) is 15.3 Å². The second-order valence-corrected chi connectivity index (χ2v) is 2.10. The number of anilines is 1. The van der Waals surface area contributed by atoms with Gasteiger partial charge < -0.3 is 10.1 Å². The maximum Gasteiger partial charge on any atom is 0.242 e. The van der Waals surface area contributed by atoms with Gasteiger partial charge in [-0.05, 0) is 6.92 Å². The highest BCUT2D eigenvalue weighted by molar-refractivity contribution is 5.53. The number of aromatic nitrogens is 2. The number of ether oxygens (including phenoxy) is 1. The van der Waals surface area contributed by atoms with Crippen LogP contribution in [0.5, 0.6) is 5.88 Å². The predicted molar refractivity (Wildman–Crippen MR) is 35.9 cm³/mol. The molecule has 0 amide bonds. The lowest BCUT2D eigenvalue weighted by Gasteiger charge is -1.94. The van der Waals surface area contributed by atoms with E-state index in [9.17, 15) is 0 Å². The standard InChI is InChI=1S/C6H7N3O/c1-4-7-2-5-6(9-4)10-3-8-5/h2,8H,3H2,1H3. The van der Waals surface area contributed by atoms with Gasteiger partial charge in [0.25, 0.3) is 0 Å². The molecule has 0 radical (unpaired) electrons. The Labute approximate surface area is 58.3 Å². The summed E-state index contributed by atoms with van der Waals surface area (Å²) in [5, 5.41) is 2.98. The Morgan fingerprint density at radius 2 is 2.60 bits per heavy atom. The zero-order valence-electron chi connectivity index (χ0n) is 5.59. The summed E-state index contributed by atoms with van der Waals surface area (Å²) in [6.45, 7) is 2.34. The Hall–Kier alpha value is -1.32. The maximum atomic E-state index is 5.12. The largest absolute Gasteiger partial charge is 0.455 e. The highest BCUT2D eigenvalue weighted by Gasteiger charge is 2.11. The van der Waals surface area contributed by atoms with Crippen LogP contribution in [0.4, 0.5) is 5.69 Å². The van der Waals surface area contributed by atoms with E-state index in [1.807, 2.05) is 6.92 Å². The van der Waals surface area contributed by atoms with Gasteiger partial charge in [-0.15, -0.1) is 0 Å². The molecule has 1 aliphatic heterocycles. The first-order valence-electron chi connectivity index (χ1n) is 3.06. The van der Waals surface area contributed by atoms with Crippen molar-refractivity contribution in [3.63, 3.8) is 0 Å². The Bertz CT molecular complexity index is 261. The van der Waals surface area contributed by atoms with Crippen LogP contribution in [0, 0.1) is 6.92 Å². The van der Waals surface area contributed by atoms with Gasteiger partial charge in [0.15, 0.2) is 6.73 Å². The number of aryl methyl sites for hydroxylation is 1. The van der Waals surface area contributed by atoms with E-state index >= 15 is 0 Å². The van der Waals surface area contributed by atoms with Crippen LogP contribution in [-0.2, 0) is 0 Å². The van der Waals surface area contributed by atoms with E-state index in [4.69, 9.17) is 4.74 Å². The van der Waals surface area contributed by atoms with Gasteiger partial charge in [0.1, 0.15) is 11.5 Å². The maximum absolute atomic E-state index is 5.12. The van der Waals surface area contributed by atoms with Crippen molar-refractivity contribution in [3.8, 4) is 5.88 Å². The summed E-state index contributed by atoms with van der Waals surface area (Å²) < 4.78 is 5.12. The molecule has 0 fully saturated rings. The Kier molecular flexibility index (Phi) is 1.00. The van der Waals surface area contributed by atoms with Crippen LogP contribution in [0.25, 0.3) is 0 Å². The van der Waals surface area contributed by atoms with Gasteiger partial charge in [-0.2, -0.15) is 4.98 Å². The molecular formula is C6H7N3O. The molecule has 2 rings (SSSR count). The normalized spacial score (nSPS) is 13.7. The Morgan fingerprint density at radius 1 is 1.70 bits per heavy atom. The van der Waals surface area contributed by atoms with Crippen molar-refractivity contribution in [1.29, 1.82) is 0 Å². The number of hydrogen-bond acceptors (Lipinski definition) is 4. The minimum atomic E-state index is 0.507. The summed E-state index contributed by atoms with van der Waals surface area (Å²) in [7, 11) is 0. The summed E-state index contributed by atoms with van der Waals surface area (Å²) in [5.41, 5.74) is 0.880. The lowest BCUT2D eigenvalue weighted by atomic mass is 10.5. The molecule has 0 aromatic carbocycles. The van der Waals surface area contributed by atoms with Crippen molar-refractivity contribution in [1.82, 2.24) is 9.97 Å². The van der Waals surface area contributed by atoms with Crippen LogP contribution in [0.3, 0.4) is 0 Å². The fourth-order valence-electron chi connectivity index (χ4n) is 0.863. The van der Waals surface area contributed by atoms with Gasteiger partial charge in [0.05, 0.1) is 6.20 Å². The minimum absolute atomic E-state index is 0.507. The minimum Gasteiger partial charge on any atom is -0.455 e. The molecule has 0 bridgehead atoms. The summed E-state index contributed by atoms with van der Waals surface area (Å²) in [4.78, 5) is 8.06. The number of nitrogens with zero attached hydrogens (tertiary/aromatic N) is 2. The first kappa shape index (κ1) is 5.46. The molecule has 52 valence electrons. The van der Waals surface area contributed by atoms with E-state index < -0.39 is 0 Å². The van der Waals surface area contributed by atoms with Crippen LogP contribution in [0.2, 0.25) is 0 Å². The van der Waals surface area contributed by atoms with Crippen LogP contribution in [0.1, 0.15) is 5.82 Å². The van der Waals surface area contributed by atoms with Gasteiger partial charge in [-0.25, -0.2) is 4.98 Å². The van der Waals surface area contributed by atoms with Crippen molar-refractivity contribution in [2.45, 2.75) is 6.92 Å². The van der Waals surface area contributed by atoms with E-state index in [1.165, 1.54) is 0 Å². The van der Waals surface area contributed by atoms with Crippen molar-refractivity contribution < 1.29 is 4.74 Å². The first-order valence-corrected chi connectivity index (χ1v) is 3.06. The van der Waals surface area contributed by atoms with Crippen molar-refractivity contribution in [3.05, 3.63) is 12.0 Å². The van der Waals surface area contributed by atoms with E-state index in [1.54, 1.807) is 6.20 Å². The average Bonchev–Trinajstić information content (AvgIpc) is 2.33. The van der Waals surface area contributed by atoms with Crippen LogP contribution in [-0.4, -0.2) is 16.7 Å². The second-order valence-electron chi connectivity index (χ2n) is 2.10. The molecule has 10 heavy (non-hydrogen) atoms. The zero-order valence-corrected chi connectivity index (χ0v) is 5.59. The molecule has 0 aliphatic carbocycles. The molecule has 0 unspecified atom stereocenters. The number of rotatable bonds is 0. The third-order valence-corrected chi connectivity index (χ3v) is 1.35. The highest BCUT2D eigenvalue weighted by Crippen LogP contribution is 2.24. The summed E-state index contributed by atoms with van der Waals surface area (Å²) in [6.07, 6.45) is 1.73. The quantitative estimate of drug-likeness (QED) is 0.567. The van der Waals surface area contributed by atoms with E-state index in [0.717, 1.165) is 11.5 Å². The lowest BCUT2D eigenvalue weighted by Crippen LogP contribution is -1.96. The zero-order chi connectivity index (χ0) is 6.97. The first-order chi connectivity index (χ1) is 4.86. The molecule has 1 N–H and O–H groups in total. The van der Waals surface area contributed by atoms with E-state index in [-0.39, 0.29) is 0 Å². The molecule has 0 saturated carbocycles. The summed E-state index contributed by atoms with van der Waals surface area (Å²) in [5.74, 6) is 1.40. The third-order valence-electron chi connectivity index (χ3n) is 1.35. The second kappa shape index (κ2) is 1.83. The highest BCUT2D eigenvalue weighted by atomic mass is 16.5. The molecule has 1 aromatic rings. The number of nitrogens with one attached hydrogen (secondary N) is 1. The van der Waals surface area contributed by atoms with Crippen LogP contribution < -0.4 is 10.1 Å². The van der Waals surface area contributed by atoms with Gasteiger partial charge in [0, 0.05) is 0 Å². The van der Waals surface area contributed by atoms with Crippen molar-refractivity contribution >= 4 is 5.69 Å². The molecule has 0 spiro atoms. The molecule has 0 atom stereocenters. The summed E-state index contributed by atoms with van der Waals surface area (Å²) in [6, 6.07) is 0. The number of fused-ring (bicyclic) bond motifs is 1. The molecule has 4 heteroatoms. The summed E-state index contributed by atoms with van der Waals surface area (Å²) >= 11 is 0. The van der Waals surface area contributed by atoms with Crippen molar-refractivity contribution in [2.24, 2.45) is 0 Å². The monoisotopic (exact) mass is 137 g/mol. The molecule has 4 nitrogen and oxygen atoms in total. The third kappa shape index (κ3) is 0.689. The molecule has 2 heterocycles. The Morgan fingerprint density at radius 3 is 3.50 bits per heavy atom. The fraction of sp³-hybridized carbons (Fsp3) is 0.333. The van der Waals surface area contributed by atoms with Gasteiger partial charge in [-0.3, -0.25) is 0 Å². The molecule has 1 aromatic heterocycles. The molecule has 1 aliphatic rings. The van der Waals surface area contributed by atoms with Gasteiger partial charge in [-0.1, -0.05) is 0 Å². The molecule has 0 saturated heterocycles. The topological polar surface area (TPSA) is 47.0 Å². The SMILES string of the molecule is Cc1ncc2c(n1)OCN2. The van der Waals surface area contributed by atoms with Gasteiger partial charge >= 0.3 is 0 Å². The van der Waals surface area contributed by atoms with E-state index in [0.29, 0.717) is 12.6 Å². The predicted octanol–water partition coefficient (Wildman–Crippen LogP) is 0.547. The smallest absolute Gasteiger partial charge is 0.242 e.